The van der Waals surface area contributed by atoms with Crippen LogP contribution in [0.5, 0.6) is 11.5 Å². The molecule has 3 rings (SSSR count). The van der Waals surface area contributed by atoms with Crippen LogP contribution >= 0.6 is 0 Å². The molecule has 0 saturated carbocycles. The maximum Gasteiger partial charge on any atom is 0.306 e. The summed E-state index contributed by atoms with van der Waals surface area (Å²) < 4.78 is 15.8. The number of anilines is 2. The van der Waals surface area contributed by atoms with Crippen molar-refractivity contribution < 1.29 is 28.6 Å². The molecule has 2 aromatic rings. The molecule has 1 heterocycles. The summed E-state index contributed by atoms with van der Waals surface area (Å²) in [5.74, 6) is 0.458. The van der Waals surface area contributed by atoms with Gasteiger partial charge in [0.2, 0.25) is 5.91 Å². The van der Waals surface area contributed by atoms with E-state index in [0.29, 0.717) is 36.7 Å². The number of nitrogens with one attached hydrogen (secondary N) is 1. The van der Waals surface area contributed by atoms with Gasteiger partial charge in [0, 0.05) is 18.7 Å². The van der Waals surface area contributed by atoms with Gasteiger partial charge in [-0.2, -0.15) is 0 Å². The number of ether oxygens (including phenoxy) is 3. The molecule has 0 fully saturated rings. The first-order valence-electron chi connectivity index (χ1n) is 10.1. The van der Waals surface area contributed by atoms with E-state index in [2.05, 4.69) is 10.1 Å². The Morgan fingerprint density at radius 1 is 1.16 bits per heavy atom. The van der Waals surface area contributed by atoms with Gasteiger partial charge in [0.1, 0.15) is 11.5 Å². The van der Waals surface area contributed by atoms with Crippen molar-refractivity contribution in [1.82, 2.24) is 0 Å². The number of carbonyl (C=O) groups is 3. The second kappa shape index (κ2) is 10.5. The Labute approximate surface area is 181 Å². The number of esters is 1. The summed E-state index contributed by atoms with van der Waals surface area (Å²) in [7, 11) is 1.28. The lowest BCUT2D eigenvalue weighted by molar-refractivity contribution is -0.141. The molecule has 0 aliphatic carbocycles. The fourth-order valence-corrected chi connectivity index (χ4v) is 3.18. The van der Waals surface area contributed by atoms with Gasteiger partial charge >= 0.3 is 5.97 Å². The van der Waals surface area contributed by atoms with Gasteiger partial charge in [-0.1, -0.05) is 12.1 Å². The summed E-state index contributed by atoms with van der Waals surface area (Å²) in [6.45, 7) is 2.90. The highest BCUT2D eigenvalue weighted by Crippen LogP contribution is 2.34. The second-order valence-electron chi connectivity index (χ2n) is 7.16. The van der Waals surface area contributed by atoms with Crippen LogP contribution in [-0.4, -0.2) is 44.7 Å². The molecular formula is C23H26N2O6. The molecule has 8 heteroatoms. The molecule has 1 aliphatic rings. The topological polar surface area (TPSA) is 94.2 Å². The summed E-state index contributed by atoms with van der Waals surface area (Å²) in [5.41, 5.74) is 2.24. The highest BCUT2D eigenvalue weighted by Gasteiger charge is 2.25. The summed E-state index contributed by atoms with van der Waals surface area (Å²) in [6.07, 6.45) is 0.649. The summed E-state index contributed by atoms with van der Waals surface area (Å²) in [4.78, 5) is 37.3. The van der Waals surface area contributed by atoms with E-state index < -0.39 is 5.97 Å². The average molecular weight is 426 g/mol. The van der Waals surface area contributed by atoms with E-state index in [0.717, 1.165) is 11.3 Å². The normalized spacial score (nSPS) is 12.6. The van der Waals surface area contributed by atoms with Crippen LogP contribution in [0.3, 0.4) is 0 Å². The minimum atomic E-state index is -0.446. The van der Waals surface area contributed by atoms with Gasteiger partial charge in [-0.25, -0.2) is 0 Å². The van der Waals surface area contributed by atoms with E-state index in [1.54, 1.807) is 23.1 Å². The SMILES string of the molecule is COC(=O)CCC(=O)Nc1ccc2c(c1)N(CCCOc1cccc(C)c1)C(=O)CO2. The molecular weight excluding hydrogens is 400 g/mol. The molecule has 0 atom stereocenters. The van der Waals surface area contributed by atoms with Gasteiger partial charge < -0.3 is 24.4 Å². The van der Waals surface area contributed by atoms with Crippen LogP contribution in [-0.2, 0) is 19.1 Å². The van der Waals surface area contributed by atoms with Crippen molar-refractivity contribution in [3.05, 3.63) is 48.0 Å². The Balaban J connectivity index is 1.60. The molecule has 0 saturated heterocycles. The Hall–Kier alpha value is -3.55. The molecule has 1 N–H and O–H groups in total. The van der Waals surface area contributed by atoms with Crippen LogP contribution in [0.2, 0.25) is 0 Å². The largest absolute Gasteiger partial charge is 0.494 e. The van der Waals surface area contributed by atoms with Gasteiger partial charge in [0.15, 0.2) is 6.61 Å². The first kappa shape index (κ1) is 22.1. The molecule has 0 unspecified atom stereocenters. The predicted molar refractivity (Wildman–Crippen MR) is 115 cm³/mol. The molecule has 8 nitrogen and oxygen atoms in total. The summed E-state index contributed by atoms with van der Waals surface area (Å²) in [6, 6.07) is 12.9. The average Bonchev–Trinajstić information content (AvgIpc) is 2.76. The van der Waals surface area contributed by atoms with Crippen LogP contribution in [0, 0.1) is 6.92 Å². The van der Waals surface area contributed by atoms with Gasteiger partial charge in [0.05, 0.1) is 25.8 Å². The summed E-state index contributed by atoms with van der Waals surface area (Å²) >= 11 is 0. The zero-order chi connectivity index (χ0) is 22.2. The fourth-order valence-electron chi connectivity index (χ4n) is 3.18. The third-order valence-corrected chi connectivity index (χ3v) is 4.75. The first-order chi connectivity index (χ1) is 15.0. The van der Waals surface area contributed by atoms with Crippen molar-refractivity contribution in [1.29, 1.82) is 0 Å². The minimum absolute atomic E-state index is 0.00192. The Morgan fingerprint density at radius 3 is 2.77 bits per heavy atom. The zero-order valence-corrected chi connectivity index (χ0v) is 17.7. The molecule has 0 radical (unpaired) electrons. The van der Waals surface area contributed by atoms with Gasteiger partial charge in [-0.3, -0.25) is 14.4 Å². The zero-order valence-electron chi connectivity index (χ0n) is 17.7. The standard InChI is InChI=1S/C23H26N2O6/c1-16-5-3-6-18(13-16)30-12-4-11-25-19-14-17(7-8-20(19)31-15-22(25)27)24-21(26)9-10-23(28)29-2/h3,5-8,13-14H,4,9-12,15H2,1-2H3,(H,24,26). The monoisotopic (exact) mass is 426 g/mol. The molecule has 2 aromatic carbocycles. The van der Waals surface area contributed by atoms with E-state index in [-0.39, 0.29) is 31.3 Å². The Morgan fingerprint density at radius 2 is 2.00 bits per heavy atom. The highest BCUT2D eigenvalue weighted by atomic mass is 16.5. The van der Waals surface area contributed by atoms with Crippen molar-refractivity contribution in [3.8, 4) is 11.5 Å². The third kappa shape index (κ3) is 6.21. The lowest BCUT2D eigenvalue weighted by Gasteiger charge is -2.30. The van der Waals surface area contributed by atoms with Crippen LogP contribution in [0.15, 0.2) is 42.5 Å². The number of aryl methyl sites for hydroxylation is 1. The van der Waals surface area contributed by atoms with Crippen LogP contribution in [0.1, 0.15) is 24.8 Å². The van der Waals surface area contributed by atoms with Crippen molar-refractivity contribution >= 4 is 29.2 Å². The minimum Gasteiger partial charge on any atom is -0.494 e. The maximum absolute atomic E-state index is 12.4. The summed E-state index contributed by atoms with van der Waals surface area (Å²) in [5, 5.41) is 2.74. The number of hydrogen-bond acceptors (Lipinski definition) is 6. The van der Waals surface area contributed by atoms with Crippen LogP contribution < -0.4 is 19.7 Å². The maximum atomic E-state index is 12.4. The van der Waals surface area contributed by atoms with Crippen molar-refractivity contribution in [2.24, 2.45) is 0 Å². The third-order valence-electron chi connectivity index (χ3n) is 4.75. The van der Waals surface area contributed by atoms with Gasteiger partial charge in [-0.05, 0) is 49.2 Å². The highest BCUT2D eigenvalue weighted by molar-refractivity contribution is 5.99. The first-order valence-corrected chi connectivity index (χ1v) is 10.1. The Bertz CT molecular complexity index is 959. The number of methoxy groups -OCH3 is 1. The second-order valence-corrected chi connectivity index (χ2v) is 7.16. The number of amides is 2. The molecule has 0 spiro atoms. The van der Waals surface area contributed by atoms with E-state index in [1.807, 2.05) is 31.2 Å². The quantitative estimate of drug-likeness (QED) is 0.489. The number of benzene rings is 2. The predicted octanol–water partition coefficient (Wildman–Crippen LogP) is 3.08. The van der Waals surface area contributed by atoms with E-state index in [9.17, 15) is 14.4 Å². The lowest BCUT2D eigenvalue weighted by atomic mass is 10.2. The van der Waals surface area contributed by atoms with Crippen molar-refractivity contribution in [3.63, 3.8) is 0 Å². The molecule has 0 bridgehead atoms. The molecule has 0 aromatic heterocycles. The number of rotatable bonds is 9. The Kier molecular flexibility index (Phi) is 7.48. The number of hydrogen-bond donors (Lipinski definition) is 1. The van der Waals surface area contributed by atoms with Gasteiger partial charge in [-0.15, -0.1) is 0 Å². The smallest absolute Gasteiger partial charge is 0.306 e. The number of carbonyl (C=O) groups excluding carboxylic acids is 3. The molecule has 2 amide bonds. The van der Waals surface area contributed by atoms with Crippen molar-refractivity contribution in [2.45, 2.75) is 26.2 Å². The van der Waals surface area contributed by atoms with E-state index in [1.165, 1.54) is 7.11 Å². The van der Waals surface area contributed by atoms with Crippen molar-refractivity contribution in [2.75, 3.05) is 37.1 Å². The number of nitrogens with zero attached hydrogens (tertiary/aromatic N) is 1. The van der Waals surface area contributed by atoms with Crippen LogP contribution in [0.25, 0.3) is 0 Å². The molecule has 31 heavy (non-hydrogen) atoms. The molecule has 164 valence electrons. The van der Waals surface area contributed by atoms with E-state index >= 15 is 0 Å². The van der Waals surface area contributed by atoms with Crippen LogP contribution in [0.4, 0.5) is 11.4 Å². The molecule has 1 aliphatic heterocycles. The fraction of sp³-hybridized carbons (Fsp3) is 0.348. The van der Waals surface area contributed by atoms with Gasteiger partial charge in [0.25, 0.3) is 5.91 Å². The lowest BCUT2D eigenvalue weighted by Crippen LogP contribution is -2.39. The van der Waals surface area contributed by atoms with E-state index in [4.69, 9.17) is 9.47 Å². The number of fused-ring (bicyclic) bond motifs is 1.